The second kappa shape index (κ2) is 8.23. The number of rotatable bonds is 4. The number of benzene rings is 2. The summed E-state index contributed by atoms with van der Waals surface area (Å²) in [4.78, 5) is 18.0. The van der Waals surface area contributed by atoms with Crippen LogP contribution in [0.3, 0.4) is 0 Å². The molecule has 156 valence electrons. The number of β-amino-alcohol motifs (C(OH)–C–C–N with tert-alkyl or cyclic N) is 1. The second-order valence-corrected chi connectivity index (χ2v) is 8.75. The van der Waals surface area contributed by atoms with Crippen LogP contribution in [0.1, 0.15) is 5.56 Å². The van der Waals surface area contributed by atoms with Gasteiger partial charge in [0.25, 0.3) is 0 Å². The van der Waals surface area contributed by atoms with Gasteiger partial charge in [-0.05, 0) is 35.2 Å². The number of nitrogens with one attached hydrogen (secondary N) is 3. The number of aliphatic hydroxyl groups excluding tert-OH is 1. The van der Waals surface area contributed by atoms with Gasteiger partial charge in [-0.3, -0.25) is 4.90 Å². The quantitative estimate of drug-likeness (QED) is 0.519. The lowest BCUT2D eigenvalue weighted by molar-refractivity contribution is 0.127. The molecule has 2 amide bonds. The first-order valence-corrected chi connectivity index (χ1v) is 11.1. The Labute approximate surface area is 179 Å². The summed E-state index contributed by atoms with van der Waals surface area (Å²) in [6.45, 7) is 4.46. The van der Waals surface area contributed by atoms with E-state index < -0.39 is 0 Å². The molecule has 2 aromatic carbocycles. The lowest BCUT2D eigenvalue weighted by Crippen LogP contribution is -2.50. The average molecular weight is 424 g/mol. The smallest absolute Gasteiger partial charge is 0.321 e. The summed E-state index contributed by atoms with van der Waals surface area (Å²) in [5.74, 6) is 0. The zero-order chi connectivity index (χ0) is 20.5. The number of nitrogens with zero attached hydrogens (tertiary/aromatic N) is 2. The normalized spacial score (nSPS) is 16.5. The van der Waals surface area contributed by atoms with Gasteiger partial charge < -0.3 is 20.7 Å². The summed E-state index contributed by atoms with van der Waals surface area (Å²) in [6.07, 6.45) is 0. The molecule has 0 saturated carbocycles. The minimum Gasteiger partial charge on any atom is -0.395 e. The first-order chi connectivity index (χ1) is 14.7. The van der Waals surface area contributed by atoms with E-state index in [0.717, 1.165) is 42.1 Å². The number of hydrogen-bond acceptors (Lipinski definition) is 6. The van der Waals surface area contributed by atoms with Crippen molar-refractivity contribution in [2.24, 2.45) is 0 Å². The number of hydrazine groups is 1. The maximum absolute atomic E-state index is 12.8. The minimum absolute atomic E-state index is 0.0696. The van der Waals surface area contributed by atoms with E-state index in [9.17, 15) is 4.79 Å². The molecule has 5 rings (SSSR count). The summed E-state index contributed by atoms with van der Waals surface area (Å²) in [5, 5.41) is 13.4. The summed E-state index contributed by atoms with van der Waals surface area (Å²) in [7, 11) is 0. The van der Waals surface area contributed by atoms with Crippen LogP contribution in [0.15, 0.2) is 42.5 Å². The van der Waals surface area contributed by atoms with Crippen LogP contribution < -0.4 is 16.2 Å². The van der Waals surface area contributed by atoms with Crippen molar-refractivity contribution in [3.8, 4) is 10.4 Å². The number of anilines is 2. The van der Waals surface area contributed by atoms with E-state index in [2.05, 4.69) is 57.5 Å². The van der Waals surface area contributed by atoms with Crippen LogP contribution in [-0.4, -0.2) is 60.3 Å². The molecule has 3 heterocycles. The van der Waals surface area contributed by atoms with Gasteiger partial charge in [0, 0.05) is 60.1 Å². The van der Waals surface area contributed by atoms with Crippen molar-refractivity contribution in [2.75, 3.05) is 50.1 Å². The number of urea groups is 1. The van der Waals surface area contributed by atoms with Crippen LogP contribution in [0.25, 0.3) is 20.5 Å². The highest BCUT2D eigenvalue weighted by molar-refractivity contribution is 7.22. The number of thiophene rings is 1. The van der Waals surface area contributed by atoms with Crippen LogP contribution in [0.5, 0.6) is 0 Å². The molecule has 0 spiro atoms. The fourth-order valence-electron chi connectivity index (χ4n) is 4.12. The molecule has 2 aliphatic heterocycles. The molecule has 0 bridgehead atoms. The van der Waals surface area contributed by atoms with E-state index in [1.807, 2.05) is 11.0 Å². The second-order valence-electron chi connectivity index (χ2n) is 7.67. The summed E-state index contributed by atoms with van der Waals surface area (Å²) in [6, 6.07) is 14.6. The van der Waals surface area contributed by atoms with E-state index in [4.69, 9.17) is 5.11 Å². The topological polar surface area (TPSA) is 79.9 Å². The third-order valence-electron chi connectivity index (χ3n) is 5.73. The zero-order valence-electron chi connectivity index (χ0n) is 16.6. The molecule has 1 fully saturated rings. The number of aliphatic hydroxyl groups is 1. The Bertz CT molecular complexity index is 1040. The Morgan fingerprint density at radius 1 is 1.13 bits per heavy atom. The highest BCUT2D eigenvalue weighted by Crippen LogP contribution is 2.41. The first kappa shape index (κ1) is 19.3. The van der Waals surface area contributed by atoms with Crippen LogP contribution >= 0.6 is 11.3 Å². The molecular formula is C22H25N5O2S. The molecule has 7 nitrogen and oxygen atoms in total. The molecule has 4 N–H and O–H groups in total. The molecule has 0 atom stereocenters. The van der Waals surface area contributed by atoms with Gasteiger partial charge in [0.15, 0.2) is 0 Å². The molecule has 8 heteroatoms. The number of piperazine rings is 1. The van der Waals surface area contributed by atoms with Crippen molar-refractivity contribution >= 4 is 38.8 Å². The van der Waals surface area contributed by atoms with Crippen molar-refractivity contribution < 1.29 is 9.90 Å². The standard InChI is InChI=1S/C22H25N5O2S/c28-10-9-26-5-7-27(8-6-26)22(29)24-17-11-16-14-23-25-21(16)18(13-17)20-12-15-3-1-2-4-19(15)30-20/h1-4,11-13,23,25,28H,5-10,14H2,(H,24,29). The highest BCUT2D eigenvalue weighted by Gasteiger charge is 2.23. The van der Waals surface area contributed by atoms with Gasteiger partial charge in [-0.1, -0.05) is 18.2 Å². The SMILES string of the molecule is O=C(Nc1cc2c(c(-c3cc4ccccc4s3)c1)NNC2)N1CCN(CCO)CC1. The molecule has 3 aromatic rings. The van der Waals surface area contributed by atoms with Crippen molar-refractivity contribution in [3.63, 3.8) is 0 Å². The fraction of sp³-hybridized carbons (Fsp3) is 0.318. The number of fused-ring (bicyclic) bond motifs is 2. The van der Waals surface area contributed by atoms with Gasteiger partial charge in [-0.2, -0.15) is 0 Å². The Morgan fingerprint density at radius 2 is 1.97 bits per heavy atom. The van der Waals surface area contributed by atoms with Crippen LogP contribution in [0.2, 0.25) is 0 Å². The summed E-state index contributed by atoms with van der Waals surface area (Å²) in [5.41, 5.74) is 10.6. The summed E-state index contributed by atoms with van der Waals surface area (Å²) >= 11 is 1.76. The van der Waals surface area contributed by atoms with Gasteiger partial charge in [0.2, 0.25) is 0 Å². The largest absolute Gasteiger partial charge is 0.395 e. The van der Waals surface area contributed by atoms with Crippen molar-refractivity contribution in [1.82, 2.24) is 15.2 Å². The minimum atomic E-state index is -0.0696. The lowest BCUT2D eigenvalue weighted by atomic mass is 10.0. The molecule has 30 heavy (non-hydrogen) atoms. The highest BCUT2D eigenvalue weighted by atomic mass is 32.1. The van der Waals surface area contributed by atoms with Crippen molar-refractivity contribution in [1.29, 1.82) is 0 Å². The maximum atomic E-state index is 12.8. The van der Waals surface area contributed by atoms with Crippen LogP contribution in [-0.2, 0) is 6.54 Å². The number of hydrogen-bond donors (Lipinski definition) is 4. The van der Waals surface area contributed by atoms with Gasteiger partial charge in [0.1, 0.15) is 0 Å². The predicted octanol–water partition coefficient (Wildman–Crippen LogP) is 3.14. The third kappa shape index (κ3) is 3.75. The van der Waals surface area contributed by atoms with Crippen molar-refractivity contribution in [3.05, 3.63) is 48.0 Å². The molecule has 0 unspecified atom stereocenters. The Morgan fingerprint density at radius 3 is 2.77 bits per heavy atom. The first-order valence-electron chi connectivity index (χ1n) is 10.2. The third-order valence-corrected chi connectivity index (χ3v) is 6.88. The number of amides is 2. The number of carbonyl (C=O) groups is 1. The number of carbonyl (C=O) groups excluding carboxylic acids is 1. The van der Waals surface area contributed by atoms with Gasteiger partial charge >= 0.3 is 6.03 Å². The predicted molar refractivity (Wildman–Crippen MR) is 122 cm³/mol. The zero-order valence-corrected chi connectivity index (χ0v) is 17.5. The van der Waals surface area contributed by atoms with Crippen LogP contribution in [0.4, 0.5) is 16.2 Å². The van der Waals surface area contributed by atoms with E-state index in [-0.39, 0.29) is 12.6 Å². The van der Waals surface area contributed by atoms with Gasteiger partial charge in [0.05, 0.1) is 12.3 Å². The van der Waals surface area contributed by atoms with E-state index in [1.54, 1.807) is 11.3 Å². The molecule has 0 radical (unpaired) electrons. The van der Waals surface area contributed by atoms with Gasteiger partial charge in [-0.15, -0.1) is 11.3 Å². The molecule has 1 saturated heterocycles. The van der Waals surface area contributed by atoms with Crippen LogP contribution in [0, 0.1) is 0 Å². The maximum Gasteiger partial charge on any atom is 0.321 e. The fourth-order valence-corrected chi connectivity index (χ4v) is 5.20. The summed E-state index contributed by atoms with van der Waals surface area (Å²) < 4.78 is 1.25. The van der Waals surface area contributed by atoms with E-state index in [0.29, 0.717) is 19.6 Å². The van der Waals surface area contributed by atoms with E-state index >= 15 is 0 Å². The molecule has 2 aliphatic rings. The van der Waals surface area contributed by atoms with Crippen molar-refractivity contribution in [2.45, 2.75) is 6.54 Å². The molecule has 0 aliphatic carbocycles. The Balaban J connectivity index is 1.39. The molecular weight excluding hydrogens is 398 g/mol. The lowest BCUT2D eigenvalue weighted by Gasteiger charge is -2.34. The van der Waals surface area contributed by atoms with Gasteiger partial charge in [-0.25, -0.2) is 10.2 Å². The molecule has 1 aromatic heterocycles. The average Bonchev–Trinajstić information content (AvgIpc) is 3.40. The van der Waals surface area contributed by atoms with E-state index in [1.165, 1.54) is 15.0 Å². The Kier molecular flexibility index (Phi) is 5.30. The monoisotopic (exact) mass is 423 g/mol. The Hall–Kier alpha value is -2.65.